The summed E-state index contributed by atoms with van der Waals surface area (Å²) in [6, 6.07) is 11.6. The van der Waals surface area contributed by atoms with Gasteiger partial charge in [0.2, 0.25) is 11.8 Å². The zero-order valence-corrected chi connectivity index (χ0v) is 24.6. The van der Waals surface area contributed by atoms with Crippen molar-refractivity contribution in [2.75, 3.05) is 6.54 Å². The van der Waals surface area contributed by atoms with Crippen molar-refractivity contribution in [3.63, 3.8) is 0 Å². The summed E-state index contributed by atoms with van der Waals surface area (Å²) in [4.78, 5) is 42.1. The Morgan fingerprint density at radius 2 is 1.74 bits per heavy atom. The monoisotopic (exact) mass is 578 g/mol. The van der Waals surface area contributed by atoms with Gasteiger partial charge >= 0.3 is 5.97 Å². The fourth-order valence-electron chi connectivity index (χ4n) is 7.33. The number of amides is 2. The maximum Gasteiger partial charge on any atom is 0.329 e. The van der Waals surface area contributed by atoms with Gasteiger partial charge in [0.15, 0.2) is 11.5 Å². The van der Waals surface area contributed by atoms with Crippen LogP contribution < -0.4 is 5.32 Å². The topological polar surface area (TPSA) is 136 Å². The number of aliphatic hydroxyl groups is 1. The van der Waals surface area contributed by atoms with Crippen LogP contribution in [0.3, 0.4) is 0 Å². The van der Waals surface area contributed by atoms with Gasteiger partial charge in [-0.15, -0.1) is 0 Å². The predicted molar refractivity (Wildman–Crippen MR) is 155 cm³/mol. The van der Waals surface area contributed by atoms with E-state index in [4.69, 9.17) is 4.74 Å². The number of aromatic hydroxyl groups is 2. The van der Waals surface area contributed by atoms with Gasteiger partial charge in [0.05, 0.1) is 0 Å². The minimum Gasteiger partial charge on any atom is -0.504 e. The van der Waals surface area contributed by atoms with Crippen LogP contribution in [0.2, 0.25) is 0 Å². The molecule has 6 unspecified atom stereocenters. The van der Waals surface area contributed by atoms with E-state index in [1.807, 2.05) is 30.3 Å². The number of hydrogen-bond donors (Lipinski definition) is 4. The Bertz CT molecular complexity index is 1330. The van der Waals surface area contributed by atoms with Crippen molar-refractivity contribution >= 4 is 17.8 Å². The van der Waals surface area contributed by atoms with Crippen molar-refractivity contribution in [2.45, 2.75) is 90.0 Å². The van der Waals surface area contributed by atoms with Crippen LogP contribution in [0, 0.1) is 16.7 Å². The van der Waals surface area contributed by atoms with Gasteiger partial charge in [-0.2, -0.15) is 0 Å². The molecule has 1 heterocycles. The Morgan fingerprint density at radius 1 is 1.00 bits per heavy atom. The highest BCUT2D eigenvalue weighted by Gasteiger charge is 2.63. The molecular formula is C33H42N2O7. The van der Waals surface area contributed by atoms with Crippen molar-refractivity contribution < 1.29 is 34.4 Å². The SMILES string of the molecule is CC1(C)C2CCC1(C)C(OC(=O)C1CCCN1C(=O)C(Cc1ccccc1)NC(=O)C(O)Cc1ccc(O)c(O)c1)C2. The number of phenolic OH excluding ortho intramolecular Hbond substituents is 2. The molecule has 42 heavy (non-hydrogen) atoms. The van der Waals surface area contributed by atoms with E-state index < -0.39 is 24.1 Å². The lowest BCUT2D eigenvalue weighted by Crippen LogP contribution is -2.55. The Morgan fingerprint density at radius 3 is 2.38 bits per heavy atom. The molecule has 3 aliphatic rings. The standard InChI is InChI=1S/C33H42N2O7/c1-32(2)22-13-14-33(32,3)28(19-22)42-31(41)24-10-7-15-35(24)30(40)23(16-20-8-5-4-6-9-20)34-29(39)27(38)18-21-11-12-25(36)26(37)17-21/h4-6,8-9,11-12,17,22-24,27-28,36-38H,7,10,13-16,18-19H2,1-3H3,(H,34,39). The fourth-order valence-corrected chi connectivity index (χ4v) is 7.33. The van der Waals surface area contributed by atoms with E-state index in [9.17, 15) is 29.7 Å². The number of fused-ring (bicyclic) bond motifs is 2. The molecule has 2 aromatic rings. The van der Waals surface area contributed by atoms with E-state index in [0.717, 1.165) is 24.8 Å². The largest absolute Gasteiger partial charge is 0.504 e. The molecule has 6 atom stereocenters. The maximum atomic E-state index is 14.0. The number of phenols is 2. The Hall–Kier alpha value is -3.59. The molecule has 226 valence electrons. The van der Waals surface area contributed by atoms with E-state index in [1.165, 1.54) is 23.1 Å². The van der Waals surface area contributed by atoms with Gasteiger partial charge in [-0.25, -0.2) is 4.79 Å². The average molecular weight is 579 g/mol. The molecule has 2 saturated carbocycles. The van der Waals surface area contributed by atoms with E-state index in [1.54, 1.807) is 0 Å². The Balaban J connectivity index is 1.29. The van der Waals surface area contributed by atoms with Gasteiger partial charge in [0.1, 0.15) is 24.3 Å². The Labute approximate surface area is 246 Å². The maximum absolute atomic E-state index is 14.0. The van der Waals surface area contributed by atoms with Crippen LogP contribution in [-0.2, 0) is 32.0 Å². The summed E-state index contributed by atoms with van der Waals surface area (Å²) < 4.78 is 6.15. The van der Waals surface area contributed by atoms with Crippen molar-refractivity contribution in [3.8, 4) is 11.5 Å². The van der Waals surface area contributed by atoms with Gasteiger partial charge in [-0.1, -0.05) is 57.2 Å². The van der Waals surface area contributed by atoms with Gasteiger partial charge in [-0.3, -0.25) is 9.59 Å². The molecule has 2 bridgehead atoms. The first-order valence-corrected chi connectivity index (χ1v) is 14.9. The molecule has 9 nitrogen and oxygen atoms in total. The second-order valence-corrected chi connectivity index (χ2v) is 13.0. The van der Waals surface area contributed by atoms with E-state index in [0.29, 0.717) is 30.9 Å². The van der Waals surface area contributed by atoms with Crippen LogP contribution in [0.15, 0.2) is 48.5 Å². The van der Waals surface area contributed by atoms with E-state index in [-0.39, 0.29) is 53.2 Å². The highest BCUT2D eigenvalue weighted by atomic mass is 16.5. The summed E-state index contributed by atoms with van der Waals surface area (Å²) in [6.07, 6.45) is 2.56. The first-order chi connectivity index (χ1) is 19.9. The van der Waals surface area contributed by atoms with Crippen LogP contribution in [0.4, 0.5) is 0 Å². The minimum atomic E-state index is -1.50. The molecule has 2 aliphatic carbocycles. The number of benzene rings is 2. The third kappa shape index (κ3) is 5.59. The van der Waals surface area contributed by atoms with Crippen LogP contribution in [-0.4, -0.2) is 68.8 Å². The van der Waals surface area contributed by atoms with Crippen LogP contribution in [0.25, 0.3) is 0 Å². The highest BCUT2D eigenvalue weighted by molar-refractivity contribution is 5.92. The molecule has 2 aromatic carbocycles. The Kier molecular flexibility index (Phi) is 8.25. The molecule has 0 spiro atoms. The quantitative estimate of drug-likeness (QED) is 0.264. The minimum absolute atomic E-state index is 0.0883. The van der Waals surface area contributed by atoms with E-state index >= 15 is 0 Å². The van der Waals surface area contributed by atoms with Crippen LogP contribution in [0.1, 0.15) is 64.0 Å². The first kappa shape index (κ1) is 29.9. The molecule has 0 radical (unpaired) electrons. The lowest BCUT2D eigenvalue weighted by molar-refractivity contribution is -0.165. The molecule has 9 heteroatoms. The van der Waals surface area contributed by atoms with Crippen LogP contribution in [0.5, 0.6) is 11.5 Å². The molecule has 1 saturated heterocycles. The van der Waals surface area contributed by atoms with Gasteiger partial charge in [0.25, 0.3) is 0 Å². The smallest absolute Gasteiger partial charge is 0.329 e. The molecule has 4 N–H and O–H groups in total. The number of hydrogen-bond acceptors (Lipinski definition) is 7. The van der Waals surface area contributed by atoms with Crippen molar-refractivity contribution in [2.24, 2.45) is 16.7 Å². The summed E-state index contributed by atoms with van der Waals surface area (Å²) in [5, 5.41) is 32.7. The van der Waals surface area contributed by atoms with Gasteiger partial charge in [-0.05, 0) is 66.7 Å². The normalized spacial score (nSPS) is 27.4. The molecule has 0 aromatic heterocycles. The summed E-state index contributed by atoms with van der Waals surface area (Å²) >= 11 is 0. The molecule has 2 amide bonds. The summed E-state index contributed by atoms with van der Waals surface area (Å²) in [6.45, 7) is 7.12. The summed E-state index contributed by atoms with van der Waals surface area (Å²) in [5.41, 5.74) is 1.27. The van der Waals surface area contributed by atoms with Crippen molar-refractivity contribution in [1.29, 1.82) is 0 Å². The fraction of sp³-hybridized carbons (Fsp3) is 0.545. The van der Waals surface area contributed by atoms with Gasteiger partial charge in [0, 0.05) is 24.8 Å². The summed E-state index contributed by atoms with van der Waals surface area (Å²) in [5.74, 6) is -1.65. The predicted octanol–water partition coefficient (Wildman–Crippen LogP) is 3.48. The number of nitrogens with one attached hydrogen (secondary N) is 1. The van der Waals surface area contributed by atoms with Gasteiger partial charge < -0.3 is 30.3 Å². The third-order valence-corrected chi connectivity index (χ3v) is 10.4. The third-order valence-electron chi connectivity index (χ3n) is 10.4. The number of rotatable bonds is 9. The number of nitrogens with zero attached hydrogens (tertiary/aromatic N) is 1. The number of likely N-dealkylation sites (tertiary alicyclic amines) is 1. The number of esters is 1. The number of carbonyl (C=O) groups excluding carboxylic acids is 3. The first-order valence-electron chi connectivity index (χ1n) is 14.9. The second-order valence-electron chi connectivity index (χ2n) is 13.0. The van der Waals surface area contributed by atoms with Crippen LogP contribution >= 0.6 is 0 Å². The molecule has 3 fully saturated rings. The van der Waals surface area contributed by atoms with Crippen molar-refractivity contribution in [3.05, 3.63) is 59.7 Å². The average Bonchev–Trinajstić information content (AvgIpc) is 3.58. The highest BCUT2D eigenvalue weighted by Crippen LogP contribution is 2.66. The van der Waals surface area contributed by atoms with Crippen molar-refractivity contribution in [1.82, 2.24) is 10.2 Å². The zero-order chi connectivity index (χ0) is 30.2. The molecule has 1 aliphatic heterocycles. The van der Waals surface area contributed by atoms with E-state index in [2.05, 4.69) is 26.1 Å². The molecular weight excluding hydrogens is 536 g/mol. The number of ether oxygens (including phenoxy) is 1. The zero-order valence-electron chi connectivity index (χ0n) is 24.6. The second kappa shape index (κ2) is 11.6. The summed E-state index contributed by atoms with van der Waals surface area (Å²) in [7, 11) is 0. The lowest BCUT2D eigenvalue weighted by atomic mass is 9.70. The number of carbonyl (C=O) groups is 3. The lowest BCUT2D eigenvalue weighted by Gasteiger charge is -2.39. The molecule has 5 rings (SSSR count). The number of aliphatic hydroxyl groups excluding tert-OH is 1.